The average Bonchev–Trinajstić information content (AvgIpc) is 2.28. The Balaban J connectivity index is 3.03. The first-order chi connectivity index (χ1) is 8.08. The third kappa shape index (κ3) is 3.57. The number of hydrogen-bond acceptors (Lipinski definition) is 4. The van der Waals surface area contributed by atoms with Crippen molar-refractivity contribution in [2.45, 2.75) is 6.92 Å². The Bertz CT molecular complexity index is 430. The van der Waals surface area contributed by atoms with Crippen LogP contribution in [0.2, 0.25) is 0 Å². The molecule has 0 aliphatic carbocycles. The van der Waals surface area contributed by atoms with Crippen molar-refractivity contribution in [1.82, 2.24) is 5.32 Å². The molecule has 17 heavy (non-hydrogen) atoms. The third-order valence-corrected chi connectivity index (χ3v) is 2.17. The van der Waals surface area contributed by atoms with Crippen molar-refractivity contribution in [3.63, 3.8) is 0 Å². The molecule has 1 aromatic carbocycles. The van der Waals surface area contributed by atoms with E-state index in [0.717, 1.165) is 0 Å². The Morgan fingerprint density at radius 1 is 1.35 bits per heavy atom. The second-order valence-corrected chi connectivity index (χ2v) is 3.55. The normalized spacial score (nSPS) is 9.82. The van der Waals surface area contributed by atoms with Gasteiger partial charge in [-0.2, -0.15) is 0 Å². The lowest BCUT2D eigenvalue weighted by Crippen LogP contribution is -2.19. The van der Waals surface area contributed by atoms with E-state index < -0.39 is 0 Å². The predicted molar refractivity (Wildman–Crippen MR) is 65.6 cm³/mol. The van der Waals surface area contributed by atoms with E-state index in [4.69, 9.17) is 4.74 Å². The molecule has 0 aromatic heterocycles. The number of carbonyl (C=O) groups excluding carboxylic acids is 2. The van der Waals surface area contributed by atoms with E-state index in [1.807, 2.05) is 0 Å². The van der Waals surface area contributed by atoms with Gasteiger partial charge in [0.1, 0.15) is 5.75 Å². The number of carbonyl (C=O) groups is 2. The number of amides is 1. The number of ether oxygens (including phenoxy) is 1. The van der Waals surface area contributed by atoms with Crippen molar-refractivity contribution in [1.29, 1.82) is 0 Å². The molecule has 0 fully saturated rings. The average molecular weight is 236 g/mol. The van der Waals surface area contributed by atoms with E-state index in [0.29, 0.717) is 17.0 Å². The number of anilines is 1. The van der Waals surface area contributed by atoms with Gasteiger partial charge in [0.25, 0.3) is 0 Å². The molecule has 0 aliphatic rings. The Morgan fingerprint density at radius 2 is 2.06 bits per heavy atom. The van der Waals surface area contributed by atoms with Crippen molar-refractivity contribution >= 4 is 17.4 Å². The second kappa shape index (κ2) is 6.00. The zero-order valence-electron chi connectivity index (χ0n) is 10.2. The van der Waals surface area contributed by atoms with Crippen molar-refractivity contribution < 1.29 is 14.3 Å². The number of methoxy groups -OCH3 is 1. The predicted octanol–water partition coefficient (Wildman–Crippen LogP) is 1.06. The first-order valence-corrected chi connectivity index (χ1v) is 5.22. The van der Waals surface area contributed by atoms with Crippen LogP contribution in [-0.2, 0) is 4.79 Å². The lowest BCUT2D eigenvalue weighted by atomic mass is 10.1. The van der Waals surface area contributed by atoms with Crippen LogP contribution in [0.4, 0.5) is 5.69 Å². The summed E-state index contributed by atoms with van der Waals surface area (Å²) in [6.45, 7) is 1.66. The van der Waals surface area contributed by atoms with Crippen molar-refractivity contribution in [3.8, 4) is 5.75 Å². The van der Waals surface area contributed by atoms with Crippen LogP contribution in [0, 0.1) is 0 Å². The number of nitrogens with one attached hydrogen (secondary N) is 2. The molecule has 92 valence electrons. The van der Waals surface area contributed by atoms with Gasteiger partial charge in [0.2, 0.25) is 5.91 Å². The summed E-state index contributed by atoms with van der Waals surface area (Å²) < 4.78 is 5.10. The number of Topliss-reactive ketones (excluding diaryl/α,β-unsaturated/α-hetero) is 1. The molecule has 5 heteroatoms. The molecule has 0 radical (unpaired) electrons. The van der Waals surface area contributed by atoms with Gasteiger partial charge in [-0.3, -0.25) is 9.59 Å². The van der Waals surface area contributed by atoms with Gasteiger partial charge in [0, 0.05) is 12.5 Å². The van der Waals surface area contributed by atoms with Crippen molar-refractivity contribution in [2.75, 3.05) is 26.0 Å². The summed E-state index contributed by atoms with van der Waals surface area (Å²) in [6, 6.07) is 4.94. The summed E-state index contributed by atoms with van der Waals surface area (Å²) >= 11 is 0. The first-order valence-electron chi connectivity index (χ1n) is 5.22. The zero-order valence-corrected chi connectivity index (χ0v) is 10.2. The summed E-state index contributed by atoms with van der Waals surface area (Å²) in [7, 11) is 3.21. The highest BCUT2D eigenvalue weighted by atomic mass is 16.5. The minimum absolute atomic E-state index is 0.0400. The fraction of sp³-hybridized carbons (Fsp3) is 0.333. The minimum Gasteiger partial charge on any atom is -0.495 e. The maximum Gasteiger partial charge on any atom is 0.221 e. The Kier molecular flexibility index (Phi) is 4.66. The minimum atomic E-state index is -0.207. The van der Waals surface area contributed by atoms with E-state index in [-0.39, 0.29) is 18.2 Å². The van der Waals surface area contributed by atoms with Gasteiger partial charge in [0.15, 0.2) is 5.78 Å². The lowest BCUT2D eigenvalue weighted by Gasteiger charge is -2.10. The molecular weight excluding hydrogens is 220 g/mol. The van der Waals surface area contributed by atoms with E-state index >= 15 is 0 Å². The monoisotopic (exact) mass is 236 g/mol. The molecule has 1 amide bonds. The van der Waals surface area contributed by atoms with Gasteiger partial charge >= 0.3 is 0 Å². The van der Waals surface area contributed by atoms with Crippen LogP contribution in [0.3, 0.4) is 0 Å². The molecule has 5 nitrogen and oxygen atoms in total. The van der Waals surface area contributed by atoms with Gasteiger partial charge in [-0.1, -0.05) is 0 Å². The third-order valence-electron chi connectivity index (χ3n) is 2.17. The fourth-order valence-electron chi connectivity index (χ4n) is 1.43. The van der Waals surface area contributed by atoms with Crippen LogP contribution in [0.15, 0.2) is 18.2 Å². The number of benzene rings is 1. The van der Waals surface area contributed by atoms with Gasteiger partial charge in [-0.05, 0) is 25.2 Å². The van der Waals surface area contributed by atoms with Crippen LogP contribution in [-0.4, -0.2) is 32.4 Å². The Morgan fingerprint density at radius 3 is 2.59 bits per heavy atom. The SMILES string of the molecule is CNCC(=O)c1ccc(OC)c(NC(C)=O)c1. The molecule has 0 atom stereocenters. The van der Waals surface area contributed by atoms with Gasteiger partial charge < -0.3 is 15.4 Å². The molecule has 0 heterocycles. The van der Waals surface area contributed by atoms with Crippen molar-refractivity contribution in [2.24, 2.45) is 0 Å². The number of rotatable bonds is 5. The zero-order chi connectivity index (χ0) is 12.8. The van der Waals surface area contributed by atoms with Gasteiger partial charge in [0.05, 0.1) is 19.3 Å². The topological polar surface area (TPSA) is 67.4 Å². The lowest BCUT2D eigenvalue weighted by molar-refractivity contribution is -0.114. The maximum absolute atomic E-state index is 11.7. The summed E-state index contributed by atoms with van der Waals surface area (Å²) in [5.74, 6) is 0.282. The smallest absolute Gasteiger partial charge is 0.221 e. The van der Waals surface area contributed by atoms with Crippen LogP contribution in [0.5, 0.6) is 5.75 Å². The molecule has 2 N–H and O–H groups in total. The highest BCUT2D eigenvalue weighted by Crippen LogP contribution is 2.25. The molecule has 0 bridgehead atoms. The number of ketones is 1. The first kappa shape index (κ1) is 13.2. The van der Waals surface area contributed by atoms with Gasteiger partial charge in [-0.25, -0.2) is 0 Å². The Labute approximate surface area is 100 Å². The van der Waals surface area contributed by atoms with Crippen molar-refractivity contribution in [3.05, 3.63) is 23.8 Å². The standard InChI is InChI=1S/C12H16N2O3/c1-8(15)14-10-6-9(11(16)7-13-2)4-5-12(10)17-3/h4-6,13H,7H2,1-3H3,(H,14,15). The van der Waals surface area contributed by atoms with Crippen LogP contribution in [0.1, 0.15) is 17.3 Å². The second-order valence-electron chi connectivity index (χ2n) is 3.55. The largest absolute Gasteiger partial charge is 0.495 e. The summed E-state index contributed by atoms with van der Waals surface area (Å²) in [5.41, 5.74) is 1.03. The molecule has 0 aliphatic heterocycles. The van der Waals surface area contributed by atoms with Gasteiger partial charge in [-0.15, -0.1) is 0 Å². The van der Waals surface area contributed by atoms with E-state index in [1.54, 1.807) is 25.2 Å². The highest BCUT2D eigenvalue weighted by Gasteiger charge is 2.10. The molecule has 1 rings (SSSR count). The maximum atomic E-state index is 11.7. The van der Waals surface area contributed by atoms with Crippen LogP contribution in [0.25, 0.3) is 0 Å². The van der Waals surface area contributed by atoms with Crippen LogP contribution < -0.4 is 15.4 Å². The van der Waals surface area contributed by atoms with E-state index in [1.165, 1.54) is 14.0 Å². The number of hydrogen-bond donors (Lipinski definition) is 2. The van der Waals surface area contributed by atoms with Crippen LogP contribution >= 0.6 is 0 Å². The molecule has 0 saturated heterocycles. The quantitative estimate of drug-likeness (QED) is 0.750. The molecule has 0 spiro atoms. The molecular formula is C12H16N2O3. The van der Waals surface area contributed by atoms with E-state index in [9.17, 15) is 9.59 Å². The summed E-state index contributed by atoms with van der Waals surface area (Å²) in [5, 5.41) is 5.41. The molecule has 1 aromatic rings. The number of likely N-dealkylation sites (N-methyl/N-ethyl adjacent to an activating group) is 1. The van der Waals surface area contributed by atoms with E-state index in [2.05, 4.69) is 10.6 Å². The molecule has 0 saturated carbocycles. The Hall–Kier alpha value is -1.88. The fourth-order valence-corrected chi connectivity index (χ4v) is 1.43. The summed E-state index contributed by atoms with van der Waals surface area (Å²) in [4.78, 5) is 22.7. The summed E-state index contributed by atoms with van der Waals surface area (Å²) in [6.07, 6.45) is 0. The highest BCUT2D eigenvalue weighted by molar-refractivity contribution is 6.00. The molecule has 0 unspecified atom stereocenters.